The highest BCUT2D eigenvalue weighted by atomic mass is 19.1. The van der Waals surface area contributed by atoms with Crippen LogP contribution < -0.4 is 38.1 Å². The Balaban J connectivity index is 1.75. The van der Waals surface area contributed by atoms with Crippen molar-refractivity contribution in [3.8, 4) is 5.75 Å². The Hall–Kier alpha value is -4.53. The zero-order valence-electron chi connectivity index (χ0n) is 18.9. The van der Waals surface area contributed by atoms with Crippen LogP contribution in [0.5, 0.6) is 5.75 Å². The van der Waals surface area contributed by atoms with E-state index in [0.29, 0.717) is 17.1 Å². The minimum Gasteiger partial charge on any atom is -0.493 e. The molecular weight excluding hydrogens is 476 g/mol. The first-order valence-electron chi connectivity index (χ1n) is 10.6. The number of hydrogen-bond donors (Lipinski definition) is 6. The number of para-hydroxylation sites is 1. The van der Waals surface area contributed by atoms with E-state index in [1.165, 1.54) is 0 Å². The average Bonchev–Trinajstić information content (AvgIpc) is 2.86. The smallest absolute Gasteiger partial charge is 0.151 e. The molecule has 9 N–H and O–H groups in total. The highest BCUT2D eigenvalue weighted by Crippen LogP contribution is 2.27. The number of nitrogens with two attached hydrogens (primary N) is 3. The number of anilines is 1. The van der Waals surface area contributed by atoms with Crippen LogP contribution in [-0.4, -0.2) is 25.5 Å². The fourth-order valence-electron chi connectivity index (χ4n) is 3.48. The molecule has 1 aliphatic rings. The fourth-order valence-corrected chi connectivity index (χ4v) is 3.48. The third kappa shape index (κ3) is 6.75. The Labute approximate surface area is 204 Å². The summed E-state index contributed by atoms with van der Waals surface area (Å²) in [5.74, 6) is 9.02. The number of nitrogens with zero attached hydrogens (tertiary/aromatic N) is 7. The normalized spacial score (nSPS) is 18.4. The van der Waals surface area contributed by atoms with Crippen molar-refractivity contribution in [1.29, 1.82) is 0 Å². The van der Waals surface area contributed by atoms with Gasteiger partial charge in [-0.1, -0.05) is 33.8 Å². The van der Waals surface area contributed by atoms with Gasteiger partial charge >= 0.3 is 0 Å². The van der Waals surface area contributed by atoms with Gasteiger partial charge in [-0.3, -0.25) is 5.32 Å². The summed E-state index contributed by atoms with van der Waals surface area (Å²) >= 11 is 0. The minimum absolute atomic E-state index is 0.00783. The molecule has 0 amide bonds. The Kier molecular flexibility index (Phi) is 9.27. The van der Waals surface area contributed by atoms with E-state index in [-0.39, 0.29) is 31.0 Å². The molecule has 0 bridgehead atoms. The third-order valence-corrected chi connectivity index (χ3v) is 5.10. The monoisotopic (exact) mass is 501 g/mol. The van der Waals surface area contributed by atoms with E-state index in [1.54, 1.807) is 30.3 Å². The first-order chi connectivity index (χ1) is 17.5. The van der Waals surface area contributed by atoms with E-state index in [1.807, 2.05) is 0 Å². The van der Waals surface area contributed by atoms with Gasteiger partial charge in [0.25, 0.3) is 0 Å². The number of ether oxygens (including phenoxy) is 1. The van der Waals surface area contributed by atoms with E-state index in [2.05, 4.69) is 46.7 Å². The van der Waals surface area contributed by atoms with Crippen molar-refractivity contribution in [2.24, 2.45) is 43.2 Å². The molecule has 190 valence electrons. The standard InChI is InChI=1S/C20H25F2N13O/c21-14-7-11(36-6-5-28-33-24)8-15(22)13(14)10-27-16-4-2-1-3-12(16)19(23)20-29-17(31-34-25)9-18(30-20)32-35-26/h1-4,7-9,17,19-20,27,29-30H,5-6,10,23H2,(H2,25,31)(H2,26,32). The lowest BCUT2D eigenvalue weighted by molar-refractivity contribution is 0.323. The summed E-state index contributed by atoms with van der Waals surface area (Å²) in [7, 11) is 0. The average molecular weight is 502 g/mol. The maximum atomic E-state index is 14.6. The van der Waals surface area contributed by atoms with Crippen LogP contribution in [0.4, 0.5) is 14.5 Å². The number of nitrogens with one attached hydrogen (secondary N) is 3. The summed E-state index contributed by atoms with van der Waals surface area (Å²) in [4.78, 5) is 2.58. The van der Waals surface area contributed by atoms with Crippen molar-refractivity contribution >= 4 is 5.69 Å². The number of rotatable bonds is 11. The van der Waals surface area contributed by atoms with Crippen molar-refractivity contribution in [3.05, 3.63) is 81.5 Å². The summed E-state index contributed by atoms with van der Waals surface area (Å²) in [6, 6.07) is 8.49. The molecule has 16 heteroatoms. The van der Waals surface area contributed by atoms with Gasteiger partial charge in [0.1, 0.15) is 23.5 Å². The molecule has 0 radical (unpaired) electrons. The second-order valence-corrected chi connectivity index (χ2v) is 7.37. The predicted molar refractivity (Wildman–Crippen MR) is 127 cm³/mol. The summed E-state index contributed by atoms with van der Waals surface area (Å²) in [5.41, 5.74) is 15.8. The van der Waals surface area contributed by atoms with Gasteiger partial charge in [0, 0.05) is 40.9 Å². The number of benzene rings is 2. The van der Waals surface area contributed by atoms with Gasteiger partial charge in [-0.2, -0.15) is 0 Å². The molecule has 0 saturated heterocycles. The predicted octanol–water partition coefficient (Wildman–Crippen LogP) is 2.60. The summed E-state index contributed by atoms with van der Waals surface area (Å²) < 4.78 is 34.4. The molecule has 2 aromatic carbocycles. The number of azide groups is 1. The molecule has 0 spiro atoms. The van der Waals surface area contributed by atoms with E-state index in [0.717, 1.165) is 12.1 Å². The Morgan fingerprint density at radius 2 is 1.92 bits per heavy atom. The summed E-state index contributed by atoms with van der Waals surface area (Å²) in [6.45, 7) is -0.137. The van der Waals surface area contributed by atoms with E-state index in [4.69, 9.17) is 27.7 Å². The van der Waals surface area contributed by atoms with Crippen LogP contribution in [0, 0.1) is 11.6 Å². The van der Waals surface area contributed by atoms with Crippen LogP contribution in [-0.2, 0) is 6.54 Å². The van der Waals surface area contributed by atoms with Crippen LogP contribution >= 0.6 is 0 Å². The highest BCUT2D eigenvalue weighted by Gasteiger charge is 2.28. The largest absolute Gasteiger partial charge is 0.493 e. The van der Waals surface area contributed by atoms with Gasteiger partial charge in [-0.05, 0) is 17.2 Å². The number of halogens is 2. The van der Waals surface area contributed by atoms with Crippen LogP contribution in [0.2, 0.25) is 0 Å². The van der Waals surface area contributed by atoms with E-state index < -0.39 is 30.0 Å². The third-order valence-electron chi connectivity index (χ3n) is 5.10. The fraction of sp³-hybridized carbons (Fsp3) is 0.300. The highest BCUT2D eigenvalue weighted by molar-refractivity contribution is 5.53. The molecule has 3 rings (SSSR count). The van der Waals surface area contributed by atoms with Crippen LogP contribution in [0.15, 0.2) is 74.1 Å². The van der Waals surface area contributed by atoms with Crippen LogP contribution in [0.3, 0.4) is 0 Å². The van der Waals surface area contributed by atoms with Crippen molar-refractivity contribution in [3.63, 3.8) is 0 Å². The Bertz CT molecular complexity index is 1160. The zero-order chi connectivity index (χ0) is 25.9. The molecule has 3 unspecified atom stereocenters. The second kappa shape index (κ2) is 12.8. The molecule has 1 aliphatic heterocycles. The zero-order valence-corrected chi connectivity index (χ0v) is 18.9. The summed E-state index contributed by atoms with van der Waals surface area (Å²) in [5, 5.41) is 26.7. The van der Waals surface area contributed by atoms with Gasteiger partial charge in [0.05, 0.1) is 25.4 Å². The number of hydrogen-bond acceptors (Lipinski definition) is 10. The lowest BCUT2D eigenvalue weighted by Gasteiger charge is -2.33. The van der Waals surface area contributed by atoms with Gasteiger partial charge in [0.2, 0.25) is 0 Å². The van der Waals surface area contributed by atoms with Crippen molar-refractivity contribution in [1.82, 2.24) is 10.6 Å². The van der Waals surface area contributed by atoms with Gasteiger partial charge in [-0.15, -0.1) is 10.2 Å². The molecule has 0 aliphatic carbocycles. The van der Waals surface area contributed by atoms with Gasteiger partial charge in [-0.25, -0.2) is 8.78 Å². The first kappa shape index (κ1) is 26.1. The summed E-state index contributed by atoms with van der Waals surface area (Å²) in [6.07, 6.45) is 0.336. The molecule has 0 aromatic heterocycles. The molecule has 2 aromatic rings. The Morgan fingerprint density at radius 1 is 1.17 bits per heavy atom. The molecule has 0 saturated carbocycles. The van der Waals surface area contributed by atoms with Crippen LogP contribution in [0.1, 0.15) is 17.2 Å². The van der Waals surface area contributed by atoms with Crippen molar-refractivity contribution < 1.29 is 13.5 Å². The molecule has 14 nitrogen and oxygen atoms in total. The SMILES string of the molecule is [N-]=[N+]=NCCOc1cc(F)c(CNc2ccccc2C(N)C2NC(N=NN)=CC(N=NN)N2)c(F)c1. The van der Waals surface area contributed by atoms with Crippen molar-refractivity contribution in [2.45, 2.75) is 24.9 Å². The maximum absolute atomic E-state index is 14.6. The maximum Gasteiger partial charge on any atom is 0.151 e. The topological polar surface area (TPSA) is 222 Å². The quantitative estimate of drug-likeness (QED) is 0.0673. The van der Waals surface area contributed by atoms with Crippen LogP contribution in [0.25, 0.3) is 10.4 Å². The van der Waals surface area contributed by atoms with Gasteiger partial charge in [0.15, 0.2) is 5.82 Å². The first-order valence-corrected chi connectivity index (χ1v) is 10.6. The van der Waals surface area contributed by atoms with E-state index in [9.17, 15) is 8.78 Å². The minimum atomic E-state index is -0.796. The molecular formula is C20H25F2N13O. The molecule has 36 heavy (non-hydrogen) atoms. The second-order valence-electron chi connectivity index (χ2n) is 7.37. The lowest BCUT2D eigenvalue weighted by Crippen LogP contribution is -2.55. The van der Waals surface area contributed by atoms with Crippen molar-refractivity contribution in [2.75, 3.05) is 18.5 Å². The van der Waals surface area contributed by atoms with E-state index >= 15 is 0 Å². The molecule has 1 heterocycles. The molecule has 3 atom stereocenters. The Morgan fingerprint density at radius 3 is 2.61 bits per heavy atom. The molecule has 0 fully saturated rings. The lowest BCUT2D eigenvalue weighted by atomic mass is 10.0. The van der Waals surface area contributed by atoms with Gasteiger partial charge < -0.3 is 32.8 Å².